The fourth-order valence-corrected chi connectivity index (χ4v) is 1.22. The molecule has 1 aromatic heterocycles. The lowest BCUT2D eigenvalue weighted by Crippen LogP contribution is -2.27. The van der Waals surface area contributed by atoms with Crippen molar-refractivity contribution in [2.75, 3.05) is 0 Å². The van der Waals surface area contributed by atoms with Crippen LogP contribution >= 0.6 is 0 Å². The van der Waals surface area contributed by atoms with Crippen LogP contribution in [0.15, 0.2) is 46.1 Å². The maximum Gasteiger partial charge on any atom is 0.332 e. The monoisotopic (exact) mass is 206 g/mol. The minimum absolute atomic E-state index is 0.378. The van der Waals surface area contributed by atoms with E-state index in [9.17, 15) is 14.0 Å². The molecule has 0 fully saturated rings. The summed E-state index contributed by atoms with van der Waals surface area (Å²) in [5, 5.41) is 0. The first-order valence-electron chi connectivity index (χ1n) is 4.25. The van der Waals surface area contributed by atoms with Gasteiger partial charge in [-0.05, 0) is 24.3 Å². The number of H-pyrrole nitrogens is 1. The molecule has 0 aliphatic heterocycles. The Bertz CT molecular complexity index is 583. The van der Waals surface area contributed by atoms with Gasteiger partial charge < -0.3 is 0 Å². The molecule has 0 atom stereocenters. The van der Waals surface area contributed by atoms with Crippen LogP contribution in [0.2, 0.25) is 0 Å². The van der Waals surface area contributed by atoms with Crippen molar-refractivity contribution in [2.45, 2.75) is 0 Å². The summed E-state index contributed by atoms with van der Waals surface area (Å²) in [4.78, 5) is 24.2. The molecule has 0 spiro atoms. The molecule has 0 aliphatic rings. The summed E-state index contributed by atoms with van der Waals surface area (Å²) in [7, 11) is 0. The van der Waals surface area contributed by atoms with Gasteiger partial charge in [0.15, 0.2) is 0 Å². The molecule has 0 unspecified atom stereocenters. The molecule has 0 amide bonds. The van der Waals surface area contributed by atoms with Gasteiger partial charge in [-0.3, -0.25) is 14.3 Å². The molecule has 76 valence electrons. The quantitative estimate of drug-likeness (QED) is 0.745. The molecule has 0 aliphatic carbocycles. The molecule has 2 aromatic rings. The highest BCUT2D eigenvalue weighted by atomic mass is 19.1. The predicted octanol–water partition coefficient (Wildman–Crippen LogP) is 0.665. The molecule has 0 radical (unpaired) electrons. The largest absolute Gasteiger partial charge is 0.332 e. The van der Waals surface area contributed by atoms with Crippen molar-refractivity contribution in [3.8, 4) is 5.69 Å². The lowest BCUT2D eigenvalue weighted by atomic mass is 10.3. The second kappa shape index (κ2) is 3.53. The number of aromatic nitrogens is 2. The molecule has 1 heterocycles. The van der Waals surface area contributed by atoms with Crippen LogP contribution in [0.5, 0.6) is 0 Å². The van der Waals surface area contributed by atoms with E-state index in [0.29, 0.717) is 5.69 Å². The molecule has 0 bridgehead atoms. The number of nitrogens with zero attached hydrogens (tertiary/aromatic N) is 1. The third-order valence-electron chi connectivity index (χ3n) is 1.93. The number of aromatic amines is 1. The Morgan fingerprint density at radius 2 is 1.73 bits per heavy atom. The summed E-state index contributed by atoms with van der Waals surface area (Å²) in [6, 6.07) is 6.62. The van der Waals surface area contributed by atoms with Crippen molar-refractivity contribution in [1.82, 2.24) is 9.55 Å². The lowest BCUT2D eigenvalue weighted by molar-refractivity contribution is 0.627. The van der Waals surface area contributed by atoms with E-state index < -0.39 is 11.2 Å². The zero-order chi connectivity index (χ0) is 10.8. The summed E-state index contributed by atoms with van der Waals surface area (Å²) in [6.45, 7) is 0. The fourth-order valence-electron chi connectivity index (χ4n) is 1.22. The Hall–Kier alpha value is -2.17. The van der Waals surface area contributed by atoms with Gasteiger partial charge >= 0.3 is 5.69 Å². The highest BCUT2D eigenvalue weighted by Gasteiger charge is 1.99. The second-order valence-corrected chi connectivity index (χ2v) is 2.96. The van der Waals surface area contributed by atoms with Crippen LogP contribution in [-0.4, -0.2) is 9.55 Å². The normalized spacial score (nSPS) is 10.2. The average Bonchev–Trinajstić information content (AvgIpc) is 2.20. The summed E-state index contributed by atoms with van der Waals surface area (Å²) >= 11 is 0. The van der Waals surface area contributed by atoms with Gasteiger partial charge in [0, 0.05) is 12.3 Å². The minimum Gasteiger partial charge on any atom is -0.274 e. The van der Waals surface area contributed by atoms with Gasteiger partial charge in [0.1, 0.15) is 5.82 Å². The Balaban J connectivity index is 2.59. The van der Waals surface area contributed by atoms with Crippen LogP contribution in [0.4, 0.5) is 4.39 Å². The first kappa shape index (κ1) is 9.39. The van der Waals surface area contributed by atoms with Gasteiger partial charge in [0.2, 0.25) is 0 Å². The van der Waals surface area contributed by atoms with Crippen LogP contribution in [0.3, 0.4) is 0 Å². The highest BCUT2D eigenvalue weighted by Crippen LogP contribution is 2.05. The van der Waals surface area contributed by atoms with Gasteiger partial charge in [-0.15, -0.1) is 0 Å². The van der Waals surface area contributed by atoms with Crippen molar-refractivity contribution in [3.63, 3.8) is 0 Å². The molecule has 0 saturated heterocycles. The second-order valence-electron chi connectivity index (χ2n) is 2.96. The molecular formula is C10H7FN2O2. The number of hydrogen-bond donors (Lipinski definition) is 1. The maximum atomic E-state index is 12.6. The smallest absolute Gasteiger partial charge is 0.274 e. The maximum absolute atomic E-state index is 12.6. The minimum atomic E-state index is -0.547. The Morgan fingerprint density at radius 3 is 2.33 bits per heavy atom. The first-order valence-corrected chi connectivity index (χ1v) is 4.25. The van der Waals surface area contributed by atoms with Crippen molar-refractivity contribution < 1.29 is 4.39 Å². The van der Waals surface area contributed by atoms with Crippen molar-refractivity contribution >= 4 is 0 Å². The number of hydrogen-bond acceptors (Lipinski definition) is 2. The highest BCUT2D eigenvalue weighted by molar-refractivity contribution is 5.31. The summed E-state index contributed by atoms with van der Waals surface area (Å²) in [5.41, 5.74) is -0.509. The van der Waals surface area contributed by atoms with Gasteiger partial charge in [-0.25, -0.2) is 9.18 Å². The summed E-state index contributed by atoms with van der Waals surface area (Å²) < 4.78 is 13.8. The van der Waals surface area contributed by atoms with Crippen LogP contribution in [0.1, 0.15) is 0 Å². The Kier molecular flexibility index (Phi) is 2.21. The SMILES string of the molecule is O=c1ccn(-c2ccc(F)cc2)c(=O)[nH]1. The number of nitrogens with one attached hydrogen (secondary N) is 1. The van der Waals surface area contributed by atoms with E-state index >= 15 is 0 Å². The average molecular weight is 206 g/mol. The van der Waals surface area contributed by atoms with E-state index in [2.05, 4.69) is 4.98 Å². The van der Waals surface area contributed by atoms with Crippen LogP contribution < -0.4 is 11.2 Å². The summed E-state index contributed by atoms with van der Waals surface area (Å²) in [5.74, 6) is -0.378. The van der Waals surface area contributed by atoms with Crippen molar-refractivity contribution in [1.29, 1.82) is 0 Å². The van der Waals surface area contributed by atoms with Crippen LogP contribution in [0.25, 0.3) is 5.69 Å². The van der Waals surface area contributed by atoms with Gasteiger partial charge in [-0.2, -0.15) is 0 Å². The number of halogens is 1. The van der Waals surface area contributed by atoms with Gasteiger partial charge in [-0.1, -0.05) is 0 Å². The summed E-state index contributed by atoms with van der Waals surface area (Å²) in [6.07, 6.45) is 1.34. The molecule has 0 saturated carbocycles. The zero-order valence-corrected chi connectivity index (χ0v) is 7.61. The van der Waals surface area contributed by atoms with Gasteiger partial charge in [0.25, 0.3) is 5.56 Å². The number of rotatable bonds is 1. The molecule has 5 heteroatoms. The van der Waals surface area contributed by atoms with E-state index in [1.807, 2.05) is 0 Å². The van der Waals surface area contributed by atoms with E-state index in [0.717, 1.165) is 0 Å². The standard InChI is InChI=1S/C10H7FN2O2/c11-7-1-3-8(4-2-7)13-6-5-9(14)12-10(13)15/h1-6H,(H,12,14,15). The van der Waals surface area contributed by atoms with E-state index in [-0.39, 0.29) is 5.82 Å². The first-order chi connectivity index (χ1) is 7.16. The molecule has 15 heavy (non-hydrogen) atoms. The lowest BCUT2D eigenvalue weighted by Gasteiger charge is -2.03. The van der Waals surface area contributed by atoms with Crippen LogP contribution in [0, 0.1) is 5.82 Å². The van der Waals surface area contributed by atoms with E-state index in [1.54, 1.807) is 0 Å². The fraction of sp³-hybridized carbons (Fsp3) is 0. The third-order valence-corrected chi connectivity index (χ3v) is 1.93. The predicted molar refractivity (Wildman–Crippen MR) is 52.6 cm³/mol. The molecule has 4 nitrogen and oxygen atoms in total. The van der Waals surface area contributed by atoms with Crippen LogP contribution in [-0.2, 0) is 0 Å². The van der Waals surface area contributed by atoms with Gasteiger partial charge in [0.05, 0.1) is 5.69 Å². The molecule has 1 aromatic carbocycles. The molecule has 2 rings (SSSR count). The Morgan fingerprint density at radius 1 is 1.07 bits per heavy atom. The zero-order valence-electron chi connectivity index (χ0n) is 7.61. The molecule has 1 N–H and O–H groups in total. The molecular weight excluding hydrogens is 199 g/mol. The van der Waals surface area contributed by atoms with Crippen molar-refractivity contribution in [2.24, 2.45) is 0 Å². The topological polar surface area (TPSA) is 54.9 Å². The van der Waals surface area contributed by atoms with Crippen molar-refractivity contribution in [3.05, 3.63) is 63.2 Å². The van der Waals surface area contributed by atoms with E-state index in [4.69, 9.17) is 0 Å². The van der Waals surface area contributed by atoms with E-state index in [1.165, 1.54) is 41.1 Å². The third kappa shape index (κ3) is 1.85. The Labute approximate surface area is 83.6 Å². The number of benzene rings is 1.